The van der Waals surface area contributed by atoms with E-state index in [1.54, 1.807) is 18.2 Å². The predicted molar refractivity (Wildman–Crippen MR) is 71.5 cm³/mol. The van der Waals surface area contributed by atoms with Crippen molar-refractivity contribution < 1.29 is 9.53 Å². The van der Waals surface area contributed by atoms with Crippen LogP contribution in [-0.4, -0.2) is 24.7 Å². The number of nitrogens with one attached hydrogen (secondary N) is 1. The van der Waals surface area contributed by atoms with Crippen molar-refractivity contribution in [3.05, 3.63) is 29.3 Å². The summed E-state index contributed by atoms with van der Waals surface area (Å²) in [4.78, 5) is 12.1. The van der Waals surface area contributed by atoms with Crippen molar-refractivity contribution in [1.82, 2.24) is 5.32 Å². The van der Waals surface area contributed by atoms with Gasteiger partial charge in [-0.25, -0.2) is 0 Å². The van der Waals surface area contributed by atoms with Crippen molar-refractivity contribution in [3.63, 3.8) is 0 Å². The van der Waals surface area contributed by atoms with Gasteiger partial charge in [0.15, 0.2) is 0 Å². The van der Waals surface area contributed by atoms with E-state index in [0.717, 1.165) is 25.0 Å². The van der Waals surface area contributed by atoms with Gasteiger partial charge in [0, 0.05) is 23.9 Å². The Kier molecular flexibility index (Phi) is 3.87. The normalized spacial score (nSPS) is 22.3. The molecule has 1 fully saturated rings. The average molecular weight is 248 g/mol. The molecule has 1 aromatic rings. The Balaban J connectivity index is 1.91. The second-order valence-corrected chi connectivity index (χ2v) is 4.74. The lowest BCUT2D eigenvalue weighted by Crippen LogP contribution is -2.47. The number of nitrogen functional groups attached to an aromatic ring is 1. The summed E-state index contributed by atoms with van der Waals surface area (Å²) in [6.45, 7) is 4.59. The molecule has 1 saturated carbocycles. The van der Waals surface area contributed by atoms with Crippen molar-refractivity contribution in [2.75, 3.05) is 12.3 Å². The molecule has 0 spiro atoms. The lowest BCUT2D eigenvalue weighted by Gasteiger charge is -2.35. The van der Waals surface area contributed by atoms with E-state index in [1.165, 1.54) is 0 Å². The fourth-order valence-corrected chi connectivity index (χ4v) is 2.22. The number of nitrogens with two attached hydrogens (primary N) is 1. The highest BCUT2D eigenvalue weighted by Gasteiger charge is 2.31. The molecule has 1 aliphatic carbocycles. The van der Waals surface area contributed by atoms with Gasteiger partial charge in [-0.3, -0.25) is 4.79 Å². The van der Waals surface area contributed by atoms with Gasteiger partial charge in [0.1, 0.15) is 0 Å². The van der Waals surface area contributed by atoms with Gasteiger partial charge in [0.2, 0.25) is 0 Å². The minimum atomic E-state index is -0.0419. The lowest BCUT2D eigenvalue weighted by atomic mass is 9.89. The maximum Gasteiger partial charge on any atom is 0.251 e. The highest BCUT2D eigenvalue weighted by molar-refractivity contribution is 5.97. The Morgan fingerprint density at radius 1 is 1.50 bits per heavy atom. The molecule has 0 saturated heterocycles. The van der Waals surface area contributed by atoms with Gasteiger partial charge in [-0.05, 0) is 44.4 Å². The van der Waals surface area contributed by atoms with Gasteiger partial charge in [-0.2, -0.15) is 0 Å². The molecule has 1 aliphatic rings. The first-order valence-electron chi connectivity index (χ1n) is 6.39. The summed E-state index contributed by atoms with van der Waals surface area (Å²) in [5.41, 5.74) is 7.96. The molecule has 4 heteroatoms. The first-order valence-corrected chi connectivity index (χ1v) is 6.39. The van der Waals surface area contributed by atoms with Gasteiger partial charge >= 0.3 is 0 Å². The maximum atomic E-state index is 12.1. The number of anilines is 1. The lowest BCUT2D eigenvalue weighted by molar-refractivity contribution is -0.00862. The summed E-state index contributed by atoms with van der Waals surface area (Å²) >= 11 is 0. The Hall–Kier alpha value is -1.55. The zero-order valence-corrected chi connectivity index (χ0v) is 10.9. The summed E-state index contributed by atoms with van der Waals surface area (Å²) in [6.07, 6.45) is 2.12. The van der Waals surface area contributed by atoms with Crippen LogP contribution in [0.25, 0.3) is 0 Å². The van der Waals surface area contributed by atoms with Crippen LogP contribution in [0.2, 0.25) is 0 Å². The highest BCUT2D eigenvalue weighted by Crippen LogP contribution is 2.24. The molecule has 1 aromatic carbocycles. The Morgan fingerprint density at radius 3 is 2.89 bits per heavy atom. The van der Waals surface area contributed by atoms with Crippen LogP contribution >= 0.6 is 0 Å². The molecule has 0 atom stereocenters. The van der Waals surface area contributed by atoms with E-state index in [0.29, 0.717) is 17.4 Å². The van der Waals surface area contributed by atoms with Gasteiger partial charge in [0.25, 0.3) is 5.91 Å². The molecule has 18 heavy (non-hydrogen) atoms. The number of hydrogen-bond donors (Lipinski definition) is 2. The third-order valence-corrected chi connectivity index (χ3v) is 3.45. The van der Waals surface area contributed by atoms with E-state index >= 15 is 0 Å². The quantitative estimate of drug-likeness (QED) is 0.800. The summed E-state index contributed by atoms with van der Waals surface area (Å²) < 4.78 is 5.47. The van der Waals surface area contributed by atoms with Crippen LogP contribution < -0.4 is 11.1 Å². The van der Waals surface area contributed by atoms with E-state index < -0.39 is 0 Å². The molecular formula is C14H20N2O2. The molecule has 0 bridgehead atoms. The fourth-order valence-electron chi connectivity index (χ4n) is 2.22. The monoisotopic (exact) mass is 248 g/mol. The van der Waals surface area contributed by atoms with Crippen molar-refractivity contribution >= 4 is 11.6 Å². The number of ether oxygens (including phenoxy) is 1. The highest BCUT2D eigenvalue weighted by atomic mass is 16.5. The number of rotatable bonds is 4. The van der Waals surface area contributed by atoms with E-state index in [9.17, 15) is 4.79 Å². The summed E-state index contributed by atoms with van der Waals surface area (Å²) in [6, 6.07) is 5.65. The van der Waals surface area contributed by atoms with Crippen molar-refractivity contribution in [3.8, 4) is 0 Å². The van der Waals surface area contributed by atoms with Crippen molar-refractivity contribution in [2.24, 2.45) is 0 Å². The smallest absolute Gasteiger partial charge is 0.251 e. The largest absolute Gasteiger partial charge is 0.398 e. The van der Waals surface area contributed by atoms with Crippen LogP contribution in [0.3, 0.4) is 0 Å². The average Bonchev–Trinajstić information content (AvgIpc) is 2.30. The molecule has 1 amide bonds. The van der Waals surface area contributed by atoms with Gasteiger partial charge in [-0.15, -0.1) is 0 Å². The zero-order valence-electron chi connectivity index (χ0n) is 10.9. The van der Waals surface area contributed by atoms with Crippen molar-refractivity contribution in [1.29, 1.82) is 0 Å². The third-order valence-electron chi connectivity index (χ3n) is 3.45. The molecular weight excluding hydrogens is 228 g/mol. The van der Waals surface area contributed by atoms with E-state index in [2.05, 4.69) is 5.32 Å². The minimum absolute atomic E-state index is 0.0419. The molecule has 0 radical (unpaired) electrons. The molecule has 0 aromatic heterocycles. The first kappa shape index (κ1) is 12.9. The number of benzene rings is 1. The topological polar surface area (TPSA) is 64.3 Å². The predicted octanol–water partition coefficient (Wildman–Crippen LogP) is 1.87. The third kappa shape index (κ3) is 2.64. The SMILES string of the molecule is CCOC1CC(NC(=O)c2cccc(N)c2C)C1. The Labute approximate surface area is 108 Å². The first-order chi connectivity index (χ1) is 8.61. The van der Waals surface area contributed by atoms with Gasteiger partial charge in [-0.1, -0.05) is 6.07 Å². The zero-order chi connectivity index (χ0) is 13.1. The van der Waals surface area contributed by atoms with Gasteiger partial charge in [0.05, 0.1) is 6.10 Å². The van der Waals surface area contributed by atoms with Gasteiger partial charge < -0.3 is 15.8 Å². The summed E-state index contributed by atoms with van der Waals surface area (Å²) in [5, 5.41) is 3.01. The van der Waals surface area contributed by atoms with E-state index in [1.807, 2.05) is 13.8 Å². The Morgan fingerprint density at radius 2 is 2.22 bits per heavy atom. The second kappa shape index (κ2) is 5.40. The number of hydrogen-bond acceptors (Lipinski definition) is 3. The molecule has 4 nitrogen and oxygen atoms in total. The van der Waals surface area contributed by atoms with Crippen LogP contribution in [0.5, 0.6) is 0 Å². The molecule has 98 valence electrons. The second-order valence-electron chi connectivity index (χ2n) is 4.74. The number of amides is 1. The van der Waals surface area contributed by atoms with Crippen LogP contribution in [0, 0.1) is 6.92 Å². The standard InChI is InChI=1S/C14H20N2O2/c1-3-18-11-7-10(8-11)16-14(17)12-5-4-6-13(15)9(12)2/h4-6,10-11H,3,7-8,15H2,1-2H3,(H,16,17). The van der Waals surface area contributed by atoms with E-state index in [4.69, 9.17) is 10.5 Å². The molecule has 2 rings (SSSR count). The molecule has 0 heterocycles. The van der Waals surface area contributed by atoms with Crippen LogP contribution in [0.15, 0.2) is 18.2 Å². The maximum absolute atomic E-state index is 12.1. The van der Waals surface area contributed by atoms with Crippen LogP contribution in [0.4, 0.5) is 5.69 Å². The molecule has 3 N–H and O–H groups in total. The minimum Gasteiger partial charge on any atom is -0.398 e. The molecule has 0 unspecified atom stereocenters. The Bertz CT molecular complexity index is 439. The fraction of sp³-hybridized carbons (Fsp3) is 0.500. The number of carbonyl (C=O) groups is 1. The number of carbonyl (C=O) groups excluding carboxylic acids is 1. The summed E-state index contributed by atoms with van der Waals surface area (Å²) in [7, 11) is 0. The molecule has 0 aliphatic heterocycles. The van der Waals surface area contributed by atoms with Crippen molar-refractivity contribution in [2.45, 2.75) is 38.8 Å². The van der Waals surface area contributed by atoms with Crippen LogP contribution in [-0.2, 0) is 4.74 Å². The van der Waals surface area contributed by atoms with E-state index in [-0.39, 0.29) is 11.9 Å². The van der Waals surface area contributed by atoms with Crippen LogP contribution in [0.1, 0.15) is 35.7 Å². The summed E-state index contributed by atoms with van der Waals surface area (Å²) in [5.74, 6) is -0.0419.